The minimum atomic E-state index is -4.41. The number of hydrogen-bond acceptors (Lipinski definition) is 3. The summed E-state index contributed by atoms with van der Waals surface area (Å²) in [5, 5.41) is 3.25. The molecule has 0 radical (unpaired) electrons. The van der Waals surface area contributed by atoms with E-state index in [9.17, 15) is 18.0 Å². The van der Waals surface area contributed by atoms with Crippen molar-refractivity contribution in [3.05, 3.63) is 0 Å². The second-order valence-corrected chi connectivity index (χ2v) is 4.74. The summed E-state index contributed by atoms with van der Waals surface area (Å²) in [7, 11) is 0. The fraction of sp³-hybridized carbons (Fsp3) is 0.900. The molecule has 0 bridgehead atoms. The summed E-state index contributed by atoms with van der Waals surface area (Å²) in [5.74, 6) is -0.541. The maximum Gasteiger partial charge on any atom is 0.411 e. The van der Waals surface area contributed by atoms with Crippen molar-refractivity contribution in [2.24, 2.45) is 0 Å². The Morgan fingerprint density at radius 3 is 2.50 bits per heavy atom. The molecule has 1 saturated heterocycles. The van der Waals surface area contributed by atoms with E-state index < -0.39 is 30.8 Å². The second kappa shape index (κ2) is 6.72. The molecular weight excluding hydrogens is 319 g/mol. The molecule has 0 aliphatic carbocycles. The summed E-state index contributed by atoms with van der Waals surface area (Å²) in [6, 6.07) is 0. The molecule has 0 unspecified atom stereocenters. The lowest BCUT2D eigenvalue weighted by Crippen LogP contribution is -2.54. The van der Waals surface area contributed by atoms with Gasteiger partial charge in [-0.05, 0) is 12.8 Å². The molecule has 1 fully saturated rings. The summed E-state index contributed by atoms with van der Waals surface area (Å²) in [4.78, 5) is 11.5. The lowest BCUT2D eigenvalue weighted by atomic mass is 9.92. The average Bonchev–Trinajstić information content (AvgIpc) is 2.28. The Labute approximate surface area is 111 Å². The molecule has 1 heterocycles. The Morgan fingerprint density at radius 1 is 1.39 bits per heavy atom. The highest BCUT2D eigenvalue weighted by Crippen LogP contribution is 2.23. The van der Waals surface area contributed by atoms with Gasteiger partial charge in [-0.3, -0.25) is 4.79 Å². The number of rotatable bonds is 5. The minimum Gasteiger partial charge on any atom is -0.381 e. The molecule has 1 amide bonds. The van der Waals surface area contributed by atoms with Crippen LogP contribution in [0, 0.1) is 0 Å². The SMILES string of the molecule is O=C(COCC(F)(F)F)NC1(CBr)CCOCC1. The van der Waals surface area contributed by atoms with Gasteiger partial charge in [0.15, 0.2) is 0 Å². The van der Waals surface area contributed by atoms with Crippen molar-refractivity contribution in [2.75, 3.05) is 31.8 Å². The van der Waals surface area contributed by atoms with Crippen LogP contribution in [-0.4, -0.2) is 49.4 Å². The van der Waals surface area contributed by atoms with Gasteiger partial charge >= 0.3 is 6.18 Å². The summed E-state index contributed by atoms with van der Waals surface area (Å²) >= 11 is 3.31. The second-order valence-electron chi connectivity index (χ2n) is 4.18. The molecule has 0 saturated carbocycles. The van der Waals surface area contributed by atoms with E-state index in [4.69, 9.17) is 4.74 Å². The van der Waals surface area contributed by atoms with E-state index in [1.165, 1.54) is 0 Å². The fourth-order valence-electron chi connectivity index (χ4n) is 1.65. The number of nitrogens with one attached hydrogen (secondary N) is 1. The first-order valence-corrected chi connectivity index (χ1v) is 6.58. The summed E-state index contributed by atoms with van der Waals surface area (Å²) < 4.78 is 45.0. The van der Waals surface area contributed by atoms with E-state index in [1.807, 2.05) is 0 Å². The number of halogens is 4. The average molecular weight is 334 g/mol. The Balaban J connectivity index is 2.33. The Kier molecular flexibility index (Phi) is 5.87. The van der Waals surface area contributed by atoms with E-state index in [2.05, 4.69) is 26.0 Å². The Morgan fingerprint density at radius 2 is 2.00 bits per heavy atom. The number of hydrogen-bond donors (Lipinski definition) is 1. The van der Waals surface area contributed by atoms with Crippen LogP contribution >= 0.6 is 15.9 Å². The molecule has 106 valence electrons. The van der Waals surface area contributed by atoms with Gasteiger partial charge in [0.25, 0.3) is 0 Å². The van der Waals surface area contributed by atoms with Crippen LogP contribution in [0.4, 0.5) is 13.2 Å². The molecule has 1 N–H and O–H groups in total. The molecule has 8 heteroatoms. The van der Waals surface area contributed by atoms with Crippen LogP contribution in [0.15, 0.2) is 0 Å². The number of ether oxygens (including phenoxy) is 2. The van der Waals surface area contributed by atoms with Gasteiger partial charge in [-0.1, -0.05) is 15.9 Å². The molecule has 1 rings (SSSR count). The number of carbonyl (C=O) groups excluding carboxylic acids is 1. The zero-order valence-electron chi connectivity index (χ0n) is 9.69. The van der Waals surface area contributed by atoms with Gasteiger partial charge in [0.05, 0.1) is 5.54 Å². The van der Waals surface area contributed by atoms with Gasteiger partial charge in [0.2, 0.25) is 5.91 Å². The van der Waals surface area contributed by atoms with E-state index in [0.717, 1.165) is 0 Å². The number of alkyl halides is 4. The van der Waals surface area contributed by atoms with Crippen LogP contribution < -0.4 is 5.32 Å². The monoisotopic (exact) mass is 333 g/mol. The first kappa shape index (κ1) is 15.7. The highest BCUT2D eigenvalue weighted by Gasteiger charge is 2.33. The summed E-state index contributed by atoms with van der Waals surface area (Å²) in [6.45, 7) is -0.954. The van der Waals surface area contributed by atoms with Gasteiger partial charge in [0.1, 0.15) is 13.2 Å². The fourth-order valence-corrected chi connectivity index (χ4v) is 2.35. The van der Waals surface area contributed by atoms with Crippen molar-refractivity contribution in [2.45, 2.75) is 24.6 Å². The van der Waals surface area contributed by atoms with Gasteiger partial charge in [-0.25, -0.2) is 0 Å². The molecular formula is C10H15BrF3NO3. The smallest absolute Gasteiger partial charge is 0.381 e. The first-order valence-electron chi connectivity index (χ1n) is 5.46. The van der Waals surface area contributed by atoms with E-state index >= 15 is 0 Å². The van der Waals surface area contributed by atoms with Crippen LogP contribution in [0.25, 0.3) is 0 Å². The normalized spacial score (nSPS) is 19.6. The highest BCUT2D eigenvalue weighted by atomic mass is 79.9. The third kappa shape index (κ3) is 5.53. The summed E-state index contributed by atoms with van der Waals surface area (Å²) in [6.07, 6.45) is -3.15. The van der Waals surface area contributed by atoms with Crippen molar-refractivity contribution >= 4 is 21.8 Å². The van der Waals surface area contributed by atoms with Gasteiger partial charge < -0.3 is 14.8 Å². The standard InChI is InChI=1S/C10H15BrF3NO3/c11-6-9(1-3-17-4-2-9)15-8(16)5-18-7-10(12,13)14/h1-7H2,(H,15,16). The Bertz CT molecular complexity index is 280. The van der Waals surface area contributed by atoms with Crippen molar-refractivity contribution in [1.82, 2.24) is 5.32 Å². The van der Waals surface area contributed by atoms with Gasteiger partial charge in [0, 0.05) is 18.5 Å². The lowest BCUT2D eigenvalue weighted by Gasteiger charge is -2.36. The zero-order chi connectivity index (χ0) is 13.6. The van der Waals surface area contributed by atoms with Crippen LogP contribution in [0.1, 0.15) is 12.8 Å². The van der Waals surface area contributed by atoms with Gasteiger partial charge in [-0.2, -0.15) is 13.2 Å². The number of carbonyl (C=O) groups is 1. The van der Waals surface area contributed by atoms with E-state index in [-0.39, 0.29) is 0 Å². The molecule has 4 nitrogen and oxygen atoms in total. The molecule has 0 spiro atoms. The largest absolute Gasteiger partial charge is 0.411 e. The lowest BCUT2D eigenvalue weighted by molar-refractivity contribution is -0.176. The summed E-state index contributed by atoms with van der Waals surface area (Å²) in [5.41, 5.74) is -0.447. The van der Waals surface area contributed by atoms with E-state index in [0.29, 0.717) is 31.4 Å². The quantitative estimate of drug-likeness (QED) is 0.778. The van der Waals surface area contributed by atoms with Crippen LogP contribution in [0.2, 0.25) is 0 Å². The molecule has 0 aromatic carbocycles. The predicted molar refractivity (Wildman–Crippen MR) is 61.6 cm³/mol. The molecule has 1 aliphatic heterocycles. The van der Waals surface area contributed by atoms with Crippen LogP contribution in [-0.2, 0) is 14.3 Å². The predicted octanol–water partition coefficient (Wildman–Crippen LogP) is 1.63. The van der Waals surface area contributed by atoms with Crippen LogP contribution in [0.3, 0.4) is 0 Å². The van der Waals surface area contributed by atoms with E-state index in [1.54, 1.807) is 0 Å². The van der Waals surface area contributed by atoms with Crippen molar-refractivity contribution in [1.29, 1.82) is 0 Å². The maximum absolute atomic E-state index is 11.8. The number of amides is 1. The molecule has 18 heavy (non-hydrogen) atoms. The van der Waals surface area contributed by atoms with Crippen LogP contribution in [0.5, 0.6) is 0 Å². The third-order valence-electron chi connectivity index (χ3n) is 2.61. The first-order chi connectivity index (χ1) is 8.37. The highest BCUT2D eigenvalue weighted by molar-refractivity contribution is 9.09. The third-order valence-corrected chi connectivity index (χ3v) is 3.68. The van der Waals surface area contributed by atoms with Crippen molar-refractivity contribution < 1.29 is 27.4 Å². The molecule has 1 aliphatic rings. The molecule has 0 aromatic heterocycles. The van der Waals surface area contributed by atoms with Crippen molar-refractivity contribution in [3.63, 3.8) is 0 Å². The Hall–Kier alpha value is -0.340. The zero-order valence-corrected chi connectivity index (χ0v) is 11.3. The minimum absolute atomic E-state index is 0.447. The maximum atomic E-state index is 11.8. The van der Waals surface area contributed by atoms with Crippen molar-refractivity contribution in [3.8, 4) is 0 Å². The topological polar surface area (TPSA) is 47.6 Å². The molecule has 0 aromatic rings. The van der Waals surface area contributed by atoms with Gasteiger partial charge in [-0.15, -0.1) is 0 Å². The molecule has 0 atom stereocenters.